The van der Waals surface area contributed by atoms with Crippen molar-refractivity contribution in [1.82, 2.24) is 0 Å². The lowest BCUT2D eigenvalue weighted by atomic mass is 9.77. The van der Waals surface area contributed by atoms with Crippen molar-refractivity contribution >= 4 is 17.6 Å². The number of halogens is 1. The second kappa shape index (κ2) is 5.58. The van der Waals surface area contributed by atoms with Gasteiger partial charge in [0, 0.05) is 7.11 Å². The molecule has 1 saturated carbocycles. The summed E-state index contributed by atoms with van der Waals surface area (Å²) in [5, 5.41) is 11.5. The third-order valence-corrected chi connectivity index (χ3v) is 3.67. The zero-order chi connectivity index (χ0) is 14.8. The fourth-order valence-corrected chi connectivity index (χ4v) is 2.31. The maximum Gasteiger partial charge on any atom is 0.337 e. The van der Waals surface area contributed by atoms with E-state index in [9.17, 15) is 14.0 Å². The van der Waals surface area contributed by atoms with E-state index in [0.717, 1.165) is 31.4 Å². The van der Waals surface area contributed by atoms with Gasteiger partial charge >= 0.3 is 5.97 Å². The number of carbonyl (C=O) groups is 2. The smallest absolute Gasteiger partial charge is 0.337 e. The predicted molar refractivity (Wildman–Crippen MR) is 70.2 cm³/mol. The van der Waals surface area contributed by atoms with Crippen molar-refractivity contribution in [3.63, 3.8) is 0 Å². The van der Waals surface area contributed by atoms with Crippen LogP contribution in [0.25, 0.3) is 0 Å². The summed E-state index contributed by atoms with van der Waals surface area (Å²) in [6.45, 7) is 0. The van der Waals surface area contributed by atoms with Crippen LogP contribution in [0.2, 0.25) is 0 Å². The van der Waals surface area contributed by atoms with Gasteiger partial charge in [-0.25, -0.2) is 9.18 Å². The molecule has 108 valence electrons. The number of carbonyl (C=O) groups excluding carboxylic acids is 1. The second-order valence-electron chi connectivity index (χ2n) is 4.96. The Hall–Kier alpha value is -1.95. The van der Waals surface area contributed by atoms with Gasteiger partial charge in [-0.1, -0.05) is 0 Å². The molecule has 0 aliphatic heterocycles. The first kappa shape index (κ1) is 14.5. The summed E-state index contributed by atoms with van der Waals surface area (Å²) >= 11 is 0. The highest BCUT2D eigenvalue weighted by molar-refractivity contribution is 6.00. The summed E-state index contributed by atoms with van der Waals surface area (Å²) in [6.07, 6.45) is 2.80. The number of amides is 1. The van der Waals surface area contributed by atoms with Crippen molar-refractivity contribution in [2.24, 2.45) is 0 Å². The zero-order valence-electron chi connectivity index (χ0n) is 11.1. The number of carboxylic acid groups (broad SMARTS) is 1. The molecule has 1 aliphatic rings. The molecule has 0 unspecified atom stereocenters. The number of methoxy groups -OCH3 is 1. The van der Waals surface area contributed by atoms with Gasteiger partial charge in [-0.15, -0.1) is 0 Å². The van der Waals surface area contributed by atoms with Gasteiger partial charge < -0.3 is 15.2 Å². The maximum atomic E-state index is 13.0. The summed E-state index contributed by atoms with van der Waals surface area (Å²) in [7, 11) is 1.56. The van der Waals surface area contributed by atoms with Crippen LogP contribution in [0.3, 0.4) is 0 Å². The Morgan fingerprint density at radius 2 is 2.15 bits per heavy atom. The van der Waals surface area contributed by atoms with E-state index in [4.69, 9.17) is 9.84 Å². The molecule has 0 saturated heterocycles. The number of hydrogen-bond donors (Lipinski definition) is 2. The summed E-state index contributed by atoms with van der Waals surface area (Å²) in [6, 6.07) is 3.24. The third kappa shape index (κ3) is 2.96. The molecular weight excluding hydrogens is 265 g/mol. The molecule has 0 spiro atoms. The molecule has 1 fully saturated rings. The van der Waals surface area contributed by atoms with Crippen LogP contribution in [0.1, 0.15) is 36.0 Å². The fraction of sp³-hybridized carbons (Fsp3) is 0.429. The first-order valence-electron chi connectivity index (χ1n) is 6.34. The van der Waals surface area contributed by atoms with Crippen LogP contribution in [-0.2, 0) is 9.53 Å². The van der Waals surface area contributed by atoms with Gasteiger partial charge in [-0.05, 0) is 37.5 Å². The predicted octanol–water partition coefficient (Wildman–Crippen LogP) is 2.42. The summed E-state index contributed by atoms with van der Waals surface area (Å²) in [5.74, 6) is -2.28. The Morgan fingerprint density at radius 1 is 1.45 bits per heavy atom. The molecule has 0 atom stereocenters. The van der Waals surface area contributed by atoms with Gasteiger partial charge in [-0.3, -0.25) is 4.79 Å². The van der Waals surface area contributed by atoms with Crippen LogP contribution in [0.5, 0.6) is 0 Å². The van der Waals surface area contributed by atoms with Gasteiger partial charge in [0.2, 0.25) is 5.91 Å². The van der Waals surface area contributed by atoms with Gasteiger partial charge in [0.25, 0.3) is 0 Å². The van der Waals surface area contributed by atoms with Crippen molar-refractivity contribution < 1.29 is 23.8 Å². The summed E-state index contributed by atoms with van der Waals surface area (Å²) in [4.78, 5) is 23.0. The normalized spacial score (nSPS) is 16.3. The van der Waals surface area contributed by atoms with E-state index in [1.807, 2.05) is 0 Å². The summed E-state index contributed by atoms with van der Waals surface area (Å²) < 4.78 is 18.4. The Morgan fingerprint density at radius 3 is 2.65 bits per heavy atom. The number of nitrogens with one attached hydrogen (secondary N) is 1. The highest BCUT2D eigenvalue weighted by atomic mass is 19.1. The second-order valence-corrected chi connectivity index (χ2v) is 4.96. The van der Waals surface area contributed by atoms with Crippen LogP contribution in [-0.4, -0.2) is 29.7 Å². The lowest BCUT2D eigenvalue weighted by molar-refractivity contribution is -0.129. The molecule has 1 aromatic rings. The molecule has 2 rings (SSSR count). The Balaban J connectivity index is 2.10. The zero-order valence-corrected chi connectivity index (χ0v) is 11.1. The number of carboxylic acids is 1. The van der Waals surface area contributed by atoms with Crippen LogP contribution in [0.15, 0.2) is 18.2 Å². The Labute approximate surface area is 115 Å². The van der Waals surface area contributed by atoms with E-state index in [2.05, 4.69) is 5.32 Å². The molecule has 0 radical (unpaired) electrons. The molecule has 0 aromatic heterocycles. The van der Waals surface area contributed by atoms with Crippen LogP contribution < -0.4 is 5.32 Å². The minimum absolute atomic E-state index is 0.0921. The molecule has 20 heavy (non-hydrogen) atoms. The molecule has 2 N–H and O–H groups in total. The Bertz CT molecular complexity index is 534. The van der Waals surface area contributed by atoms with Crippen LogP contribution in [0.4, 0.5) is 10.1 Å². The fourth-order valence-electron chi connectivity index (χ4n) is 2.31. The summed E-state index contributed by atoms with van der Waals surface area (Å²) in [5.41, 5.74) is -0.610. The van der Waals surface area contributed by atoms with Crippen molar-refractivity contribution in [2.45, 2.75) is 31.3 Å². The minimum atomic E-state index is -1.29. The largest absolute Gasteiger partial charge is 0.478 e. The molecule has 0 heterocycles. The van der Waals surface area contributed by atoms with Crippen molar-refractivity contribution in [3.05, 3.63) is 29.6 Å². The topological polar surface area (TPSA) is 75.6 Å². The molecular formula is C14H16FNO4. The first-order valence-corrected chi connectivity index (χ1v) is 6.34. The number of benzene rings is 1. The van der Waals surface area contributed by atoms with E-state index in [-0.39, 0.29) is 23.6 Å². The molecule has 1 aromatic carbocycles. The van der Waals surface area contributed by atoms with Crippen molar-refractivity contribution in [1.29, 1.82) is 0 Å². The lowest BCUT2D eigenvalue weighted by Crippen LogP contribution is -2.42. The number of hydrogen-bond acceptors (Lipinski definition) is 3. The molecule has 6 heteroatoms. The number of anilines is 1. The van der Waals surface area contributed by atoms with Gasteiger partial charge in [0.15, 0.2) is 0 Å². The first-order chi connectivity index (χ1) is 9.46. The van der Waals surface area contributed by atoms with Gasteiger partial charge in [0.1, 0.15) is 5.82 Å². The molecule has 5 nitrogen and oxygen atoms in total. The quantitative estimate of drug-likeness (QED) is 0.869. The highest BCUT2D eigenvalue weighted by Gasteiger charge is 2.39. The standard InChI is InChI=1S/C14H16FNO4/c1-20-14(5-2-6-14)8-12(17)16-11-4-3-9(15)7-10(11)13(18)19/h3-4,7H,2,5-6,8H2,1H3,(H,16,17)(H,18,19). The SMILES string of the molecule is COC1(CC(=O)Nc2ccc(F)cc2C(=O)O)CCC1. The molecule has 0 bridgehead atoms. The van der Waals surface area contributed by atoms with E-state index in [1.54, 1.807) is 7.11 Å². The highest BCUT2D eigenvalue weighted by Crippen LogP contribution is 2.38. The van der Waals surface area contributed by atoms with Crippen LogP contribution in [0, 0.1) is 5.82 Å². The van der Waals surface area contributed by atoms with Gasteiger partial charge in [-0.2, -0.15) is 0 Å². The third-order valence-electron chi connectivity index (χ3n) is 3.67. The molecule has 1 amide bonds. The Kier molecular flexibility index (Phi) is 4.04. The lowest BCUT2D eigenvalue weighted by Gasteiger charge is -2.39. The number of ether oxygens (including phenoxy) is 1. The average molecular weight is 281 g/mol. The molecule has 1 aliphatic carbocycles. The van der Waals surface area contributed by atoms with Crippen LogP contribution >= 0.6 is 0 Å². The number of rotatable bonds is 5. The minimum Gasteiger partial charge on any atom is -0.478 e. The van der Waals surface area contributed by atoms with E-state index >= 15 is 0 Å². The van der Waals surface area contributed by atoms with Crippen molar-refractivity contribution in [2.75, 3.05) is 12.4 Å². The maximum absolute atomic E-state index is 13.0. The number of aromatic carboxylic acids is 1. The average Bonchev–Trinajstić information content (AvgIpc) is 2.36. The van der Waals surface area contributed by atoms with E-state index < -0.39 is 17.4 Å². The monoisotopic (exact) mass is 281 g/mol. The van der Waals surface area contributed by atoms with E-state index in [1.165, 1.54) is 6.07 Å². The van der Waals surface area contributed by atoms with Crippen molar-refractivity contribution in [3.8, 4) is 0 Å². The van der Waals surface area contributed by atoms with E-state index in [0.29, 0.717) is 0 Å². The van der Waals surface area contributed by atoms with Gasteiger partial charge in [0.05, 0.1) is 23.3 Å².